The molecule has 0 saturated heterocycles. The first-order valence-corrected chi connectivity index (χ1v) is 6.42. The van der Waals surface area contributed by atoms with Crippen LogP contribution in [-0.4, -0.2) is 39.8 Å². The van der Waals surface area contributed by atoms with Crippen LogP contribution >= 0.6 is 0 Å². The van der Waals surface area contributed by atoms with Crippen molar-refractivity contribution >= 4 is 17.3 Å². The molecule has 1 aromatic carbocycles. The molecule has 0 aliphatic carbocycles. The van der Waals surface area contributed by atoms with Crippen LogP contribution < -0.4 is 0 Å². The Labute approximate surface area is 117 Å². The molecule has 0 aromatic heterocycles. The van der Waals surface area contributed by atoms with Crippen LogP contribution in [0.3, 0.4) is 0 Å². The summed E-state index contributed by atoms with van der Waals surface area (Å²) in [4.78, 5) is 33.7. The summed E-state index contributed by atoms with van der Waals surface area (Å²) in [6.07, 6.45) is -2.43. The van der Waals surface area contributed by atoms with Gasteiger partial charge in [-0.2, -0.15) is 0 Å². The smallest absolute Gasteiger partial charge is 0.198 e. The average Bonchev–Trinajstić information content (AvgIpc) is 2.46. The quantitative estimate of drug-likeness (QED) is 0.545. The van der Waals surface area contributed by atoms with Gasteiger partial charge in [-0.3, -0.25) is 14.4 Å². The highest BCUT2D eigenvalue weighted by Gasteiger charge is 2.25. The molecular weight excluding hydrogens is 260 g/mol. The van der Waals surface area contributed by atoms with Gasteiger partial charge in [0.2, 0.25) is 0 Å². The molecule has 0 bridgehead atoms. The van der Waals surface area contributed by atoms with Crippen molar-refractivity contribution in [3.05, 3.63) is 35.9 Å². The molecule has 2 atom stereocenters. The van der Waals surface area contributed by atoms with Gasteiger partial charge in [0.1, 0.15) is 6.10 Å². The lowest BCUT2D eigenvalue weighted by Gasteiger charge is -2.16. The van der Waals surface area contributed by atoms with E-state index in [4.69, 9.17) is 0 Å². The van der Waals surface area contributed by atoms with Crippen LogP contribution in [0.5, 0.6) is 0 Å². The second-order valence-electron chi connectivity index (χ2n) is 4.61. The number of aliphatic hydroxyl groups is 2. The molecule has 0 saturated carbocycles. The van der Waals surface area contributed by atoms with Gasteiger partial charge in [0.15, 0.2) is 17.3 Å². The van der Waals surface area contributed by atoms with E-state index in [9.17, 15) is 24.6 Å². The molecule has 1 aromatic rings. The third-order valence-corrected chi connectivity index (χ3v) is 2.99. The molecule has 0 aliphatic heterocycles. The molecule has 0 radical (unpaired) electrons. The fraction of sp³-hybridized carbons (Fsp3) is 0.400. The van der Waals surface area contributed by atoms with Crippen molar-refractivity contribution in [2.24, 2.45) is 0 Å². The van der Waals surface area contributed by atoms with Crippen molar-refractivity contribution in [1.29, 1.82) is 0 Å². The number of benzene rings is 1. The summed E-state index contributed by atoms with van der Waals surface area (Å²) in [6, 6.07) is 8.18. The molecule has 5 nitrogen and oxygen atoms in total. The average molecular weight is 278 g/mol. The Bertz CT molecular complexity index is 480. The molecular formula is C15H18O5. The monoisotopic (exact) mass is 278 g/mol. The van der Waals surface area contributed by atoms with E-state index in [1.165, 1.54) is 6.92 Å². The van der Waals surface area contributed by atoms with E-state index in [1.54, 1.807) is 30.3 Å². The van der Waals surface area contributed by atoms with Crippen LogP contribution in [0.4, 0.5) is 0 Å². The summed E-state index contributed by atoms with van der Waals surface area (Å²) in [5.74, 6) is -1.60. The van der Waals surface area contributed by atoms with E-state index in [-0.39, 0.29) is 19.3 Å². The molecule has 20 heavy (non-hydrogen) atoms. The molecule has 0 amide bonds. The Morgan fingerprint density at radius 3 is 2.25 bits per heavy atom. The molecule has 0 spiro atoms. The summed E-state index contributed by atoms with van der Waals surface area (Å²) < 4.78 is 0. The highest BCUT2D eigenvalue weighted by atomic mass is 16.3. The fourth-order valence-electron chi connectivity index (χ4n) is 1.75. The topological polar surface area (TPSA) is 91.7 Å². The first kappa shape index (κ1) is 16.2. The minimum atomic E-state index is -1.52. The maximum Gasteiger partial charge on any atom is 0.198 e. The van der Waals surface area contributed by atoms with E-state index in [0.717, 1.165) is 0 Å². The molecule has 1 unspecified atom stereocenters. The number of carbonyl (C=O) groups excluding carboxylic acids is 3. The van der Waals surface area contributed by atoms with Crippen molar-refractivity contribution in [3.8, 4) is 0 Å². The third-order valence-electron chi connectivity index (χ3n) is 2.99. The Kier molecular flexibility index (Phi) is 6.21. The fourth-order valence-corrected chi connectivity index (χ4v) is 1.75. The largest absolute Gasteiger partial charge is 0.390 e. The first-order valence-electron chi connectivity index (χ1n) is 6.42. The van der Waals surface area contributed by atoms with Gasteiger partial charge in [0, 0.05) is 18.9 Å². The second-order valence-corrected chi connectivity index (χ2v) is 4.61. The van der Waals surface area contributed by atoms with E-state index >= 15 is 0 Å². The predicted octanol–water partition coefficient (Wildman–Crippen LogP) is 0.919. The minimum Gasteiger partial charge on any atom is -0.390 e. The number of carbonyl (C=O) groups is 3. The van der Waals surface area contributed by atoms with Crippen molar-refractivity contribution in [3.63, 3.8) is 0 Å². The summed E-state index contributed by atoms with van der Waals surface area (Å²) in [5.41, 5.74) is 0.318. The van der Waals surface area contributed by atoms with Crippen molar-refractivity contribution in [2.75, 3.05) is 0 Å². The number of aliphatic hydroxyl groups excluding tert-OH is 2. The lowest BCUT2D eigenvalue weighted by molar-refractivity contribution is -0.135. The van der Waals surface area contributed by atoms with E-state index in [1.807, 2.05) is 0 Å². The summed E-state index contributed by atoms with van der Waals surface area (Å²) >= 11 is 0. The Morgan fingerprint density at radius 1 is 1.10 bits per heavy atom. The van der Waals surface area contributed by atoms with E-state index in [2.05, 4.69) is 0 Å². The zero-order valence-electron chi connectivity index (χ0n) is 11.3. The lowest BCUT2D eigenvalue weighted by Crippen LogP contribution is -2.34. The number of ketones is 3. The molecule has 2 N–H and O–H groups in total. The Balaban J connectivity index is 2.47. The zero-order valence-corrected chi connectivity index (χ0v) is 11.3. The summed E-state index contributed by atoms with van der Waals surface area (Å²) in [6.45, 7) is 1.19. The van der Waals surface area contributed by atoms with Gasteiger partial charge in [-0.05, 0) is 12.8 Å². The summed E-state index contributed by atoms with van der Waals surface area (Å²) in [7, 11) is 0. The number of hydrogen-bond acceptors (Lipinski definition) is 5. The van der Waals surface area contributed by atoms with Gasteiger partial charge in [-0.15, -0.1) is 0 Å². The lowest BCUT2D eigenvalue weighted by atomic mass is 9.98. The van der Waals surface area contributed by atoms with Crippen LogP contribution in [0.2, 0.25) is 0 Å². The molecule has 108 valence electrons. The first-order chi connectivity index (χ1) is 9.43. The van der Waals surface area contributed by atoms with Gasteiger partial charge in [0.05, 0.1) is 6.10 Å². The zero-order chi connectivity index (χ0) is 15.1. The minimum absolute atomic E-state index is 0.0125. The SMILES string of the molecule is CC(=O)C(=O)CCC[C@H](O)C(O)C(=O)c1ccccc1. The molecule has 1 rings (SSSR count). The number of Topliss-reactive ketones (excluding diaryl/α,β-unsaturated/α-hetero) is 3. The molecule has 0 aliphatic rings. The van der Waals surface area contributed by atoms with Gasteiger partial charge in [0.25, 0.3) is 0 Å². The van der Waals surface area contributed by atoms with Crippen LogP contribution in [0.15, 0.2) is 30.3 Å². The van der Waals surface area contributed by atoms with Crippen LogP contribution in [-0.2, 0) is 9.59 Å². The highest BCUT2D eigenvalue weighted by Crippen LogP contribution is 2.11. The van der Waals surface area contributed by atoms with Gasteiger partial charge in [-0.25, -0.2) is 0 Å². The molecule has 0 fully saturated rings. The maximum absolute atomic E-state index is 11.9. The third kappa shape index (κ3) is 4.68. The van der Waals surface area contributed by atoms with Gasteiger partial charge < -0.3 is 10.2 Å². The summed E-state index contributed by atoms with van der Waals surface area (Å²) in [5, 5.41) is 19.5. The molecule has 5 heteroatoms. The Morgan fingerprint density at radius 2 is 1.70 bits per heavy atom. The second kappa shape index (κ2) is 7.67. The standard InChI is InChI=1S/C15H18O5/c1-10(16)12(17)8-5-9-13(18)15(20)14(19)11-6-3-2-4-7-11/h2-4,6-7,13,15,18,20H,5,8-9H2,1H3/t13-,15?/m0/s1. The highest BCUT2D eigenvalue weighted by molar-refractivity contribution is 6.36. The normalized spacial score (nSPS) is 13.6. The van der Waals surface area contributed by atoms with Gasteiger partial charge in [-0.1, -0.05) is 30.3 Å². The van der Waals surface area contributed by atoms with Crippen LogP contribution in [0.1, 0.15) is 36.5 Å². The van der Waals surface area contributed by atoms with Gasteiger partial charge >= 0.3 is 0 Å². The van der Waals surface area contributed by atoms with Crippen molar-refractivity contribution < 1.29 is 24.6 Å². The Hall–Kier alpha value is -1.85. The van der Waals surface area contributed by atoms with E-state index in [0.29, 0.717) is 5.56 Å². The van der Waals surface area contributed by atoms with Crippen molar-refractivity contribution in [1.82, 2.24) is 0 Å². The molecule has 0 heterocycles. The maximum atomic E-state index is 11.9. The predicted molar refractivity (Wildman–Crippen MR) is 72.3 cm³/mol. The van der Waals surface area contributed by atoms with Crippen LogP contribution in [0, 0.1) is 0 Å². The number of rotatable bonds is 8. The van der Waals surface area contributed by atoms with E-state index < -0.39 is 29.6 Å². The number of hydrogen-bond donors (Lipinski definition) is 2. The van der Waals surface area contributed by atoms with Crippen LogP contribution in [0.25, 0.3) is 0 Å². The van der Waals surface area contributed by atoms with Crippen molar-refractivity contribution in [2.45, 2.75) is 38.4 Å².